The summed E-state index contributed by atoms with van der Waals surface area (Å²) in [4.78, 5) is 12.5. The quantitative estimate of drug-likeness (QED) is 0.335. The van der Waals surface area contributed by atoms with E-state index < -0.39 is 42.6 Å². The van der Waals surface area contributed by atoms with Gasteiger partial charge in [-0.25, -0.2) is 0 Å². The Morgan fingerprint density at radius 1 is 1.35 bits per heavy atom. The molecule has 1 aromatic carbocycles. The lowest BCUT2D eigenvalue weighted by Gasteiger charge is -2.44. The van der Waals surface area contributed by atoms with Crippen LogP contribution in [0.1, 0.15) is 10.4 Å². The van der Waals surface area contributed by atoms with Crippen LogP contribution in [0.3, 0.4) is 0 Å². The fourth-order valence-corrected chi connectivity index (χ4v) is 2.41. The standard InChI is InChI=1S/C14H18O9/c1-22-8-4-6(2-3-7(8)16)11(18)14(21)12(19)10(17)9(5-15)23-13(14)20/h2-4,9-10,12-13,15-17,19-21H,5H2,1H3/t9-,10-,12+,13?,14-/m1/s1. The highest BCUT2D eigenvalue weighted by Gasteiger charge is 2.59. The van der Waals surface area contributed by atoms with Crippen LogP contribution in [0.2, 0.25) is 0 Å². The van der Waals surface area contributed by atoms with E-state index in [1.165, 1.54) is 7.11 Å². The van der Waals surface area contributed by atoms with Crippen LogP contribution in [0.25, 0.3) is 0 Å². The number of ketones is 1. The Labute approximate surface area is 130 Å². The molecule has 5 atom stereocenters. The lowest BCUT2D eigenvalue weighted by atomic mass is 9.80. The molecule has 0 amide bonds. The fraction of sp³-hybridized carbons (Fsp3) is 0.500. The van der Waals surface area contributed by atoms with Crippen molar-refractivity contribution in [2.75, 3.05) is 13.7 Å². The summed E-state index contributed by atoms with van der Waals surface area (Å²) >= 11 is 0. The van der Waals surface area contributed by atoms with Gasteiger partial charge in [0.2, 0.25) is 11.4 Å². The van der Waals surface area contributed by atoms with E-state index in [0.29, 0.717) is 0 Å². The number of hydrogen-bond acceptors (Lipinski definition) is 9. The number of Topliss-reactive ketones (excluding diaryl/α,β-unsaturated/α-hetero) is 1. The monoisotopic (exact) mass is 330 g/mol. The number of aliphatic hydroxyl groups excluding tert-OH is 4. The van der Waals surface area contributed by atoms with Crippen LogP contribution in [0.15, 0.2) is 18.2 Å². The molecule has 0 saturated carbocycles. The van der Waals surface area contributed by atoms with Gasteiger partial charge >= 0.3 is 0 Å². The number of methoxy groups -OCH3 is 1. The first kappa shape index (κ1) is 17.6. The van der Waals surface area contributed by atoms with Crippen molar-refractivity contribution < 1.29 is 44.9 Å². The lowest BCUT2D eigenvalue weighted by Crippen LogP contribution is -2.69. The first-order valence-electron chi connectivity index (χ1n) is 6.72. The van der Waals surface area contributed by atoms with Crippen LogP contribution >= 0.6 is 0 Å². The molecule has 128 valence electrons. The third-order valence-corrected chi connectivity index (χ3v) is 3.82. The Morgan fingerprint density at radius 2 is 2.00 bits per heavy atom. The Morgan fingerprint density at radius 3 is 2.57 bits per heavy atom. The lowest BCUT2D eigenvalue weighted by molar-refractivity contribution is -0.310. The van der Waals surface area contributed by atoms with Gasteiger partial charge in [0.25, 0.3) is 0 Å². The zero-order valence-corrected chi connectivity index (χ0v) is 12.2. The second-order valence-electron chi connectivity index (χ2n) is 5.19. The van der Waals surface area contributed by atoms with E-state index in [1.807, 2.05) is 0 Å². The number of aliphatic hydroxyl groups is 5. The van der Waals surface area contributed by atoms with E-state index in [0.717, 1.165) is 18.2 Å². The van der Waals surface area contributed by atoms with Gasteiger partial charge in [0.1, 0.15) is 18.3 Å². The summed E-state index contributed by atoms with van der Waals surface area (Å²) in [5.74, 6) is -1.46. The molecule has 6 N–H and O–H groups in total. The summed E-state index contributed by atoms with van der Waals surface area (Å²) < 4.78 is 9.64. The summed E-state index contributed by atoms with van der Waals surface area (Å²) in [6, 6.07) is 3.37. The molecule has 23 heavy (non-hydrogen) atoms. The Kier molecular flexibility index (Phi) is 4.90. The molecule has 0 spiro atoms. The first-order valence-corrected chi connectivity index (χ1v) is 6.72. The van der Waals surface area contributed by atoms with Crippen LogP contribution in [0.5, 0.6) is 11.5 Å². The van der Waals surface area contributed by atoms with E-state index in [1.54, 1.807) is 0 Å². The molecule has 2 rings (SSSR count). The van der Waals surface area contributed by atoms with Crippen molar-refractivity contribution in [1.29, 1.82) is 0 Å². The van der Waals surface area contributed by atoms with E-state index in [9.17, 15) is 30.3 Å². The van der Waals surface area contributed by atoms with E-state index in [4.69, 9.17) is 14.6 Å². The molecule has 1 saturated heterocycles. The number of aromatic hydroxyl groups is 1. The normalized spacial score (nSPS) is 34.2. The van der Waals surface area contributed by atoms with Crippen molar-refractivity contribution in [2.24, 2.45) is 0 Å². The largest absolute Gasteiger partial charge is 0.504 e. The SMILES string of the molecule is COc1cc(C(=O)[C@]2(O)C(O)O[C@H](CO)[C@@H](O)[C@@H]2O)ccc1O. The predicted molar refractivity (Wildman–Crippen MR) is 73.9 cm³/mol. The van der Waals surface area contributed by atoms with Crippen LogP contribution in [0, 0.1) is 0 Å². The number of hydrogen-bond donors (Lipinski definition) is 6. The number of phenols is 1. The van der Waals surface area contributed by atoms with Crippen molar-refractivity contribution >= 4 is 5.78 Å². The van der Waals surface area contributed by atoms with Crippen molar-refractivity contribution in [3.05, 3.63) is 23.8 Å². The molecule has 1 aliphatic heterocycles. The van der Waals surface area contributed by atoms with Crippen molar-refractivity contribution in [3.8, 4) is 11.5 Å². The van der Waals surface area contributed by atoms with Gasteiger partial charge in [0, 0.05) is 5.56 Å². The minimum Gasteiger partial charge on any atom is -0.504 e. The molecule has 1 aliphatic rings. The van der Waals surface area contributed by atoms with Crippen molar-refractivity contribution in [1.82, 2.24) is 0 Å². The van der Waals surface area contributed by atoms with E-state index in [2.05, 4.69) is 0 Å². The number of phenolic OH excluding ortho intramolecular Hbond substituents is 1. The molecule has 1 aromatic rings. The van der Waals surface area contributed by atoms with Gasteiger partial charge in [-0.2, -0.15) is 0 Å². The van der Waals surface area contributed by atoms with Crippen LogP contribution in [0.4, 0.5) is 0 Å². The Bertz CT molecular complexity index is 590. The summed E-state index contributed by atoms with van der Waals surface area (Å²) in [6.45, 7) is -0.730. The molecule has 1 heterocycles. The minimum absolute atomic E-state index is 0.0612. The Balaban J connectivity index is 2.40. The number of rotatable bonds is 4. The summed E-state index contributed by atoms with van der Waals surface area (Å²) in [5, 5.41) is 58.7. The van der Waals surface area contributed by atoms with Crippen LogP contribution in [-0.2, 0) is 4.74 Å². The zero-order valence-electron chi connectivity index (χ0n) is 12.2. The molecule has 0 aliphatic carbocycles. The molecule has 1 unspecified atom stereocenters. The maximum Gasteiger partial charge on any atom is 0.207 e. The van der Waals surface area contributed by atoms with Gasteiger partial charge in [0.05, 0.1) is 13.7 Å². The highest BCUT2D eigenvalue weighted by atomic mass is 16.6. The molecule has 0 aromatic heterocycles. The van der Waals surface area contributed by atoms with E-state index in [-0.39, 0.29) is 17.1 Å². The van der Waals surface area contributed by atoms with E-state index >= 15 is 0 Å². The summed E-state index contributed by atoms with van der Waals surface area (Å²) in [6.07, 6.45) is -7.43. The first-order chi connectivity index (χ1) is 10.8. The van der Waals surface area contributed by atoms with Gasteiger partial charge in [-0.15, -0.1) is 0 Å². The van der Waals surface area contributed by atoms with Crippen LogP contribution < -0.4 is 4.74 Å². The number of benzene rings is 1. The average Bonchev–Trinajstić information content (AvgIpc) is 2.55. The molecular formula is C14H18O9. The van der Waals surface area contributed by atoms with Gasteiger partial charge in [0.15, 0.2) is 17.8 Å². The molecule has 9 nitrogen and oxygen atoms in total. The maximum atomic E-state index is 12.5. The molecule has 0 bridgehead atoms. The number of ether oxygens (including phenoxy) is 2. The highest BCUT2D eigenvalue weighted by molar-refractivity contribution is 6.03. The third kappa shape index (κ3) is 2.78. The summed E-state index contributed by atoms with van der Waals surface area (Å²) in [5.41, 5.74) is -3.05. The fourth-order valence-electron chi connectivity index (χ4n) is 2.41. The second-order valence-corrected chi connectivity index (χ2v) is 5.19. The minimum atomic E-state index is -2.85. The average molecular weight is 330 g/mol. The van der Waals surface area contributed by atoms with Gasteiger partial charge in [-0.05, 0) is 18.2 Å². The maximum absolute atomic E-state index is 12.5. The molecule has 1 fully saturated rings. The second kappa shape index (κ2) is 6.40. The Hall–Kier alpha value is -1.75. The number of carbonyl (C=O) groups excluding carboxylic acids is 1. The zero-order chi connectivity index (χ0) is 17.4. The topological polar surface area (TPSA) is 157 Å². The summed E-state index contributed by atoms with van der Waals surface area (Å²) in [7, 11) is 1.25. The number of carbonyl (C=O) groups is 1. The van der Waals surface area contributed by atoms with Crippen molar-refractivity contribution in [2.45, 2.75) is 30.2 Å². The van der Waals surface area contributed by atoms with Gasteiger partial charge < -0.3 is 40.1 Å². The highest BCUT2D eigenvalue weighted by Crippen LogP contribution is 2.34. The van der Waals surface area contributed by atoms with Gasteiger partial charge in [-0.1, -0.05) is 0 Å². The molecular weight excluding hydrogens is 312 g/mol. The predicted octanol–water partition coefficient (Wildman–Crippen LogP) is -2.25. The van der Waals surface area contributed by atoms with Crippen LogP contribution in [-0.4, -0.2) is 80.3 Å². The molecule has 9 heteroatoms. The third-order valence-electron chi connectivity index (χ3n) is 3.82. The molecule has 0 radical (unpaired) electrons. The van der Waals surface area contributed by atoms with Gasteiger partial charge in [-0.3, -0.25) is 4.79 Å². The van der Waals surface area contributed by atoms with Crippen molar-refractivity contribution in [3.63, 3.8) is 0 Å². The smallest absolute Gasteiger partial charge is 0.207 e.